The molecule has 1 saturated carbocycles. The molecule has 1 aliphatic carbocycles. The van der Waals surface area contributed by atoms with Gasteiger partial charge in [-0.3, -0.25) is 0 Å². The number of rotatable bonds is 4. The van der Waals surface area contributed by atoms with E-state index in [9.17, 15) is 0 Å². The third kappa shape index (κ3) is 2.95. The summed E-state index contributed by atoms with van der Waals surface area (Å²) in [6, 6.07) is 0.764. The first-order chi connectivity index (χ1) is 7.63. The van der Waals surface area contributed by atoms with Gasteiger partial charge in [0, 0.05) is 12.1 Å². The molecular weight excluding hydrogens is 226 g/mol. The molecule has 0 aliphatic heterocycles. The maximum atomic E-state index is 5.84. The van der Waals surface area contributed by atoms with Crippen molar-refractivity contribution in [1.82, 2.24) is 15.0 Å². The van der Waals surface area contributed by atoms with Gasteiger partial charge in [-0.05, 0) is 44.7 Å². The molecule has 5 nitrogen and oxygen atoms in total. The Labute approximate surface area is 100 Å². The van der Waals surface area contributed by atoms with E-state index in [0.29, 0.717) is 17.9 Å². The molecule has 1 aromatic heterocycles. The second-order valence-electron chi connectivity index (χ2n) is 4.32. The Morgan fingerprint density at radius 2 is 1.88 bits per heavy atom. The first-order valence-electron chi connectivity index (χ1n) is 5.58. The van der Waals surface area contributed by atoms with Crippen LogP contribution in [-0.2, 0) is 0 Å². The molecule has 0 atom stereocenters. The van der Waals surface area contributed by atoms with Crippen LogP contribution in [0.2, 0.25) is 5.28 Å². The van der Waals surface area contributed by atoms with Crippen LogP contribution in [0, 0.1) is 0 Å². The van der Waals surface area contributed by atoms with E-state index in [4.69, 9.17) is 11.6 Å². The van der Waals surface area contributed by atoms with Crippen molar-refractivity contribution >= 4 is 23.5 Å². The first-order valence-corrected chi connectivity index (χ1v) is 5.96. The third-order valence-electron chi connectivity index (χ3n) is 2.46. The van der Waals surface area contributed by atoms with Crippen LogP contribution in [0.15, 0.2) is 0 Å². The zero-order valence-corrected chi connectivity index (χ0v) is 10.3. The monoisotopic (exact) mass is 241 g/mol. The summed E-state index contributed by atoms with van der Waals surface area (Å²) in [6.07, 6.45) is 3.63. The molecule has 1 aromatic rings. The molecule has 88 valence electrons. The summed E-state index contributed by atoms with van der Waals surface area (Å²) < 4.78 is 0. The molecule has 0 aromatic carbocycles. The van der Waals surface area contributed by atoms with E-state index in [2.05, 4.69) is 25.6 Å². The average Bonchev–Trinajstić information content (AvgIpc) is 2.09. The van der Waals surface area contributed by atoms with Crippen LogP contribution < -0.4 is 10.6 Å². The highest BCUT2D eigenvalue weighted by molar-refractivity contribution is 6.28. The van der Waals surface area contributed by atoms with Crippen LogP contribution in [0.25, 0.3) is 0 Å². The Morgan fingerprint density at radius 1 is 1.19 bits per heavy atom. The maximum absolute atomic E-state index is 5.84. The molecule has 0 spiro atoms. The van der Waals surface area contributed by atoms with Gasteiger partial charge in [-0.1, -0.05) is 0 Å². The van der Waals surface area contributed by atoms with Gasteiger partial charge in [-0.25, -0.2) is 0 Å². The summed E-state index contributed by atoms with van der Waals surface area (Å²) in [5.41, 5.74) is 0. The average molecular weight is 242 g/mol. The Morgan fingerprint density at radius 3 is 2.44 bits per heavy atom. The van der Waals surface area contributed by atoms with Gasteiger partial charge in [0.05, 0.1) is 0 Å². The van der Waals surface area contributed by atoms with E-state index < -0.39 is 0 Å². The van der Waals surface area contributed by atoms with Crippen LogP contribution in [-0.4, -0.2) is 27.0 Å². The molecule has 1 fully saturated rings. The first kappa shape index (κ1) is 11.4. The molecule has 0 amide bonds. The van der Waals surface area contributed by atoms with Crippen molar-refractivity contribution in [1.29, 1.82) is 0 Å². The molecule has 0 bridgehead atoms. The van der Waals surface area contributed by atoms with Crippen LogP contribution in [0.3, 0.4) is 0 Å². The largest absolute Gasteiger partial charge is 0.352 e. The number of aromatic nitrogens is 3. The van der Waals surface area contributed by atoms with Crippen LogP contribution >= 0.6 is 11.6 Å². The highest BCUT2D eigenvalue weighted by Gasteiger charge is 2.18. The fourth-order valence-electron chi connectivity index (χ4n) is 1.47. The molecule has 2 N–H and O–H groups in total. The van der Waals surface area contributed by atoms with E-state index >= 15 is 0 Å². The minimum atomic E-state index is 0.222. The van der Waals surface area contributed by atoms with E-state index in [1.54, 1.807) is 0 Å². The summed E-state index contributed by atoms with van der Waals surface area (Å²) in [6.45, 7) is 4.05. The lowest BCUT2D eigenvalue weighted by molar-refractivity contribution is 0.443. The Kier molecular flexibility index (Phi) is 3.43. The number of nitrogens with one attached hydrogen (secondary N) is 2. The Bertz CT molecular complexity index is 364. The number of hydrogen-bond donors (Lipinski definition) is 2. The lowest BCUT2D eigenvalue weighted by Crippen LogP contribution is -2.28. The predicted octanol–water partition coefficient (Wildman–Crippen LogP) is 2.31. The van der Waals surface area contributed by atoms with Crippen molar-refractivity contribution in [3.05, 3.63) is 5.28 Å². The van der Waals surface area contributed by atoms with Crippen molar-refractivity contribution < 1.29 is 0 Å². The predicted molar refractivity (Wildman–Crippen MR) is 64.9 cm³/mol. The van der Waals surface area contributed by atoms with Crippen molar-refractivity contribution in [3.8, 4) is 0 Å². The standard InChI is InChI=1S/C10H16ClN5/c1-6(2)12-9-14-8(11)15-10(16-9)13-7-4-3-5-7/h6-7H,3-5H2,1-2H3,(H2,12,13,14,15,16). The highest BCUT2D eigenvalue weighted by Crippen LogP contribution is 2.22. The normalized spacial score (nSPS) is 16.0. The smallest absolute Gasteiger partial charge is 0.229 e. The SMILES string of the molecule is CC(C)Nc1nc(Cl)nc(NC2CCC2)n1. The number of hydrogen-bond acceptors (Lipinski definition) is 5. The van der Waals surface area contributed by atoms with Crippen molar-refractivity contribution in [3.63, 3.8) is 0 Å². The fraction of sp³-hybridized carbons (Fsp3) is 0.700. The van der Waals surface area contributed by atoms with Gasteiger partial charge in [0.15, 0.2) is 0 Å². The van der Waals surface area contributed by atoms with Crippen LogP contribution in [0.5, 0.6) is 0 Å². The van der Waals surface area contributed by atoms with E-state index in [1.807, 2.05) is 13.8 Å². The fourth-order valence-corrected chi connectivity index (χ4v) is 1.63. The number of halogens is 1. The van der Waals surface area contributed by atoms with E-state index in [-0.39, 0.29) is 11.3 Å². The van der Waals surface area contributed by atoms with Crippen molar-refractivity contribution in [2.24, 2.45) is 0 Å². The Hall–Kier alpha value is -1.10. The van der Waals surface area contributed by atoms with Gasteiger partial charge in [0.25, 0.3) is 0 Å². The summed E-state index contributed by atoms with van der Waals surface area (Å²) in [5.74, 6) is 1.09. The second-order valence-corrected chi connectivity index (χ2v) is 4.66. The minimum Gasteiger partial charge on any atom is -0.352 e. The molecule has 16 heavy (non-hydrogen) atoms. The van der Waals surface area contributed by atoms with Gasteiger partial charge >= 0.3 is 0 Å². The zero-order chi connectivity index (χ0) is 11.5. The summed E-state index contributed by atoms with van der Waals surface area (Å²) in [7, 11) is 0. The van der Waals surface area contributed by atoms with Crippen LogP contribution in [0.1, 0.15) is 33.1 Å². The molecule has 6 heteroatoms. The molecule has 0 unspecified atom stereocenters. The van der Waals surface area contributed by atoms with Gasteiger partial charge in [-0.15, -0.1) is 0 Å². The molecule has 2 rings (SSSR count). The van der Waals surface area contributed by atoms with Crippen molar-refractivity contribution in [2.45, 2.75) is 45.2 Å². The molecule has 1 heterocycles. The third-order valence-corrected chi connectivity index (χ3v) is 2.63. The van der Waals surface area contributed by atoms with Crippen molar-refractivity contribution in [2.75, 3.05) is 10.6 Å². The highest BCUT2D eigenvalue weighted by atomic mass is 35.5. The number of nitrogens with zero attached hydrogens (tertiary/aromatic N) is 3. The quantitative estimate of drug-likeness (QED) is 0.847. The van der Waals surface area contributed by atoms with Gasteiger partial charge in [-0.2, -0.15) is 15.0 Å². The van der Waals surface area contributed by atoms with E-state index in [0.717, 1.165) is 0 Å². The summed E-state index contributed by atoms with van der Waals surface area (Å²) >= 11 is 5.84. The molecular formula is C10H16ClN5. The van der Waals surface area contributed by atoms with Crippen LogP contribution in [0.4, 0.5) is 11.9 Å². The number of anilines is 2. The lowest BCUT2D eigenvalue weighted by atomic mass is 9.93. The second kappa shape index (κ2) is 4.82. The molecule has 0 radical (unpaired) electrons. The molecule has 0 saturated heterocycles. The Balaban J connectivity index is 2.08. The van der Waals surface area contributed by atoms with Gasteiger partial charge < -0.3 is 10.6 Å². The van der Waals surface area contributed by atoms with Gasteiger partial charge in [0.1, 0.15) is 0 Å². The lowest BCUT2D eigenvalue weighted by Gasteiger charge is -2.26. The van der Waals surface area contributed by atoms with Gasteiger partial charge in [0.2, 0.25) is 17.2 Å². The molecule has 1 aliphatic rings. The van der Waals surface area contributed by atoms with E-state index in [1.165, 1.54) is 19.3 Å². The summed E-state index contributed by atoms with van der Waals surface area (Å²) in [5, 5.41) is 6.58. The zero-order valence-electron chi connectivity index (χ0n) is 9.50. The maximum Gasteiger partial charge on any atom is 0.229 e. The topological polar surface area (TPSA) is 62.7 Å². The minimum absolute atomic E-state index is 0.222. The summed E-state index contributed by atoms with van der Waals surface area (Å²) in [4.78, 5) is 12.3.